The van der Waals surface area contributed by atoms with Gasteiger partial charge < -0.3 is 15.4 Å². The summed E-state index contributed by atoms with van der Waals surface area (Å²) >= 11 is 0. The van der Waals surface area contributed by atoms with Gasteiger partial charge in [0, 0.05) is 12.1 Å². The summed E-state index contributed by atoms with van der Waals surface area (Å²) < 4.78 is 5.69. The number of rotatable bonds is 7. The van der Waals surface area contributed by atoms with E-state index in [4.69, 9.17) is 4.74 Å². The van der Waals surface area contributed by atoms with Crippen molar-refractivity contribution >= 4 is 5.91 Å². The smallest absolute Gasteiger partial charge is 0.234 e. The summed E-state index contributed by atoms with van der Waals surface area (Å²) in [5.41, 5.74) is 1.22. The van der Waals surface area contributed by atoms with E-state index in [9.17, 15) is 4.79 Å². The van der Waals surface area contributed by atoms with Gasteiger partial charge in [0.15, 0.2) is 0 Å². The second-order valence-corrected chi connectivity index (χ2v) is 5.95. The maximum absolute atomic E-state index is 11.8. The van der Waals surface area contributed by atoms with Gasteiger partial charge in [-0.15, -0.1) is 0 Å². The van der Waals surface area contributed by atoms with Gasteiger partial charge >= 0.3 is 0 Å². The van der Waals surface area contributed by atoms with E-state index < -0.39 is 0 Å². The quantitative estimate of drug-likeness (QED) is 0.811. The van der Waals surface area contributed by atoms with Gasteiger partial charge in [-0.05, 0) is 38.8 Å². The van der Waals surface area contributed by atoms with Crippen molar-refractivity contribution in [1.29, 1.82) is 0 Å². The standard InChI is InChI=1S/C17H26N2O2/c1-13-7-9-16(10-8-13)21-12-14(2)18-11-17(20)19-15-5-3-4-6-15/h7-10,14-15,18H,3-6,11-12H2,1-2H3,(H,19,20). The molecule has 1 aromatic rings. The first-order chi connectivity index (χ1) is 10.1. The van der Waals surface area contributed by atoms with Crippen molar-refractivity contribution in [3.63, 3.8) is 0 Å². The van der Waals surface area contributed by atoms with Crippen LogP contribution < -0.4 is 15.4 Å². The largest absolute Gasteiger partial charge is 0.492 e. The molecule has 1 amide bonds. The number of benzene rings is 1. The zero-order valence-electron chi connectivity index (χ0n) is 13.0. The molecule has 0 aliphatic heterocycles. The molecular weight excluding hydrogens is 264 g/mol. The number of ether oxygens (including phenoxy) is 1. The molecule has 1 aromatic carbocycles. The molecule has 2 rings (SSSR count). The Morgan fingerprint density at radius 2 is 1.95 bits per heavy atom. The van der Waals surface area contributed by atoms with Crippen LogP contribution in [0.15, 0.2) is 24.3 Å². The van der Waals surface area contributed by atoms with Gasteiger partial charge in [0.1, 0.15) is 12.4 Å². The van der Waals surface area contributed by atoms with E-state index >= 15 is 0 Å². The van der Waals surface area contributed by atoms with Gasteiger partial charge in [-0.1, -0.05) is 30.5 Å². The fraction of sp³-hybridized carbons (Fsp3) is 0.588. The zero-order chi connectivity index (χ0) is 15.1. The second-order valence-electron chi connectivity index (χ2n) is 5.95. The minimum absolute atomic E-state index is 0.0871. The van der Waals surface area contributed by atoms with Gasteiger partial charge in [0.25, 0.3) is 0 Å². The molecule has 1 atom stereocenters. The molecule has 0 radical (unpaired) electrons. The van der Waals surface area contributed by atoms with Crippen LogP contribution >= 0.6 is 0 Å². The summed E-state index contributed by atoms with van der Waals surface area (Å²) in [7, 11) is 0. The molecule has 1 saturated carbocycles. The van der Waals surface area contributed by atoms with Gasteiger partial charge in [0.2, 0.25) is 5.91 Å². The molecule has 4 nitrogen and oxygen atoms in total. The summed E-state index contributed by atoms with van der Waals surface area (Å²) in [6.07, 6.45) is 4.72. The minimum atomic E-state index is 0.0871. The Bertz CT molecular complexity index is 439. The number of hydrogen-bond donors (Lipinski definition) is 2. The van der Waals surface area contributed by atoms with E-state index in [-0.39, 0.29) is 11.9 Å². The molecule has 2 N–H and O–H groups in total. The molecule has 0 saturated heterocycles. The Labute approximate surface area is 127 Å². The Kier molecular flexibility index (Phi) is 6.05. The van der Waals surface area contributed by atoms with Crippen LogP contribution in [0.4, 0.5) is 0 Å². The Morgan fingerprint density at radius 3 is 2.62 bits per heavy atom. The van der Waals surface area contributed by atoms with Crippen LogP contribution in [0.5, 0.6) is 5.75 Å². The molecule has 0 bridgehead atoms. The highest BCUT2D eigenvalue weighted by Gasteiger charge is 2.17. The number of hydrogen-bond acceptors (Lipinski definition) is 3. The number of carbonyl (C=O) groups excluding carboxylic acids is 1. The Morgan fingerprint density at radius 1 is 1.29 bits per heavy atom. The summed E-state index contributed by atoms with van der Waals surface area (Å²) in [5, 5.41) is 6.27. The monoisotopic (exact) mass is 290 g/mol. The number of amides is 1. The van der Waals surface area contributed by atoms with Crippen molar-refractivity contribution in [2.45, 2.75) is 51.6 Å². The molecular formula is C17H26N2O2. The van der Waals surface area contributed by atoms with Crippen LogP contribution in [0.2, 0.25) is 0 Å². The van der Waals surface area contributed by atoms with Crippen LogP contribution in [0.3, 0.4) is 0 Å². The minimum Gasteiger partial charge on any atom is -0.492 e. The fourth-order valence-corrected chi connectivity index (χ4v) is 2.53. The van der Waals surface area contributed by atoms with Crippen LogP contribution in [-0.2, 0) is 4.79 Å². The van der Waals surface area contributed by atoms with E-state index in [1.807, 2.05) is 31.2 Å². The molecule has 0 heterocycles. The van der Waals surface area contributed by atoms with Gasteiger partial charge in [-0.25, -0.2) is 0 Å². The van der Waals surface area contributed by atoms with Crippen molar-refractivity contribution in [1.82, 2.24) is 10.6 Å². The molecule has 21 heavy (non-hydrogen) atoms. The highest BCUT2D eigenvalue weighted by atomic mass is 16.5. The van der Waals surface area contributed by atoms with Crippen LogP contribution in [0.1, 0.15) is 38.2 Å². The van der Waals surface area contributed by atoms with Gasteiger partial charge in [0.05, 0.1) is 6.54 Å². The summed E-state index contributed by atoms with van der Waals surface area (Å²) in [4.78, 5) is 11.8. The second kappa shape index (κ2) is 8.03. The van der Waals surface area contributed by atoms with E-state index in [1.165, 1.54) is 18.4 Å². The topological polar surface area (TPSA) is 50.4 Å². The third-order valence-corrected chi connectivity index (χ3v) is 3.85. The third kappa shape index (κ3) is 5.76. The number of carbonyl (C=O) groups is 1. The third-order valence-electron chi connectivity index (χ3n) is 3.85. The summed E-state index contributed by atoms with van der Waals surface area (Å²) in [5.74, 6) is 0.953. The first kappa shape index (κ1) is 15.8. The molecule has 1 fully saturated rings. The normalized spacial score (nSPS) is 16.7. The van der Waals surface area contributed by atoms with Crippen molar-refractivity contribution < 1.29 is 9.53 Å². The molecule has 1 unspecified atom stereocenters. The van der Waals surface area contributed by atoms with Gasteiger partial charge in [-0.2, -0.15) is 0 Å². The van der Waals surface area contributed by atoms with E-state index in [2.05, 4.69) is 17.6 Å². The molecule has 1 aliphatic carbocycles. The van der Waals surface area contributed by atoms with Crippen molar-refractivity contribution in [3.05, 3.63) is 29.8 Å². The predicted octanol–water partition coefficient (Wildman–Crippen LogP) is 2.41. The van der Waals surface area contributed by atoms with Crippen molar-refractivity contribution in [2.75, 3.05) is 13.2 Å². The van der Waals surface area contributed by atoms with Crippen molar-refractivity contribution in [3.8, 4) is 5.75 Å². The lowest BCUT2D eigenvalue weighted by Gasteiger charge is -2.16. The van der Waals surface area contributed by atoms with E-state index in [1.54, 1.807) is 0 Å². The Balaban J connectivity index is 1.61. The van der Waals surface area contributed by atoms with Crippen LogP contribution in [-0.4, -0.2) is 31.1 Å². The highest BCUT2D eigenvalue weighted by molar-refractivity contribution is 5.78. The van der Waals surface area contributed by atoms with Crippen LogP contribution in [0.25, 0.3) is 0 Å². The predicted molar refractivity (Wildman–Crippen MR) is 84.5 cm³/mol. The lowest BCUT2D eigenvalue weighted by molar-refractivity contribution is -0.121. The molecule has 0 aromatic heterocycles. The molecule has 116 valence electrons. The molecule has 0 spiro atoms. The number of nitrogens with one attached hydrogen (secondary N) is 2. The van der Waals surface area contributed by atoms with Gasteiger partial charge in [-0.3, -0.25) is 4.79 Å². The molecule has 4 heteroatoms. The first-order valence-electron chi connectivity index (χ1n) is 7.85. The molecule has 1 aliphatic rings. The first-order valence-corrected chi connectivity index (χ1v) is 7.85. The van der Waals surface area contributed by atoms with E-state index in [0.29, 0.717) is 19.2 Å². The zero-order valence-corrected chi connectivity index (χ0v) is 13.0. The highest BCUT2D eigenvalue weighted by Crippen LogP contribution is 2.17. The Hall–Kier alpha value is -1.55. The number of aryl methyl sites for hydroxylation is 1. The van der Waals surface area contributed by atoms with E-state index in [0.717, 1.165) is 18.6 Å². The fourth-order valence-electron chi connectivity index (χ4n) is 2.53. The van der Waals surface area contributed by atoms with Crippen LogP contribution in [0, 0.1) is 6.92 Å². The lowest BCUT2D eigenvalue weighted by atomic mass is 10.2. The average Bonchev–Trinajstić information content (AvgIpc) is 2.97. The maximum atomic E-state index is 11.8. The SMILES string of the molecule is Cc1ccc(OCC(C)NCC(=O)NC2CCCC2)cc1. The lowest BCUT2D eigenvalue weighted by Crippen LogP contribution is -2.43. The summed E-state index contributed by atoms with van der Waals surface area (Å²) in [6.45, 7) is 4.99. The maximum Gasteiger partial charge on any atom is 0.234 e. The van der Waals surface area contributed by atoms with Crippen molar-refractivity contribution in [2.24, 2.45) is 0 Å². The average molecular weight is 290 g/mol. The summed E-state index contributed by atoms with van der Waals surface area (Å²) in [6, 6.07) is 8.52.